The van der Waals surface area contributed by atoms with Gasteiger partial charge in [0.15, 0.2) is 6.61 Å². The standard InChI is InChI=1S/C18H16BrN5O3/c1-11-17(24-9-13(19)4-7-16(24)22-11)18(26)23-21-8-12-2-5-14(6-3-12)27-10-15(20)25/h2-9H,10H2,1H3,(H2,20,25)(H,23,26)/b21-8-. The van der Waals surface area contributed by atoms with Crippen LogP contribution in [0.25, 0.3) is 5.65 Å². The zero-order chi connectivity index (χ0) is 19.4. The van der Waals surface area contributed by atoms with Gasteiger partial charge in [0, 0.05) is 10.7 Å². The molecule has 0 bridgehead atoms. The van der Waals surface area contributed by atoms with Crippen molar-refractivity contribution >= 4 is 39.6 Å². The van der Waals surface area contributed by atoms with Crippen molar-refractivity contribution in [2.75, 3.05) is 6.61 Å². The molecule has 0 fully saturated rings. The van der Waals surface area contributed by atoms with Gasteiger partial charge in [-0.05, 0) is 64.8 Å². The summed E-state index contributed by atoms with van der Waals surface area (Å²) in [6.45, 7) is 1.59. The summed E-state index contributed by atoms with van der Waals surface area (Å²) >= 11 is 3.39. The molecule has 2 heterocycles. The number of hydrazone groups is 1. The monoisotopic (exact) mass is 429 g/mol. The average molecular weight is 430 g/mol. The van der Waals surface area contributed by atoms with Crippen LogP contribution in [0.2, 0.25) is 0 Å². The fraction of sp³-hybridized carbons (Fsp3) is 0.111. The Bertz CT molecular complexity index is 1030. The Morgan fingerprint density at radius 2 is 2.04 bits per heavy atom. The van der Waals surface area contributed by atoms with E-state index in [4.69, 9.17) is 10.5 Å². The van der Waals surface area contributed by atoms with Gasteiger partial charge in [-0.3, -0.25) is 14.0 Å². The number of imidazole rings is 1. The van der Waals surface area contributed by atoms with E-state index in [9.17, 15) is 9.59 Å². The average Bonchev–Trinajstić information content (AvgIpc) is 2.96. The maximum Gasteiger partial charge on any atom is 0.290 e. The molecule has 3 aromatic rings. The normalized spacial score (nSPS) is 11.0. The number of carbonyl (C=O) groups is 2. The maximum atomic E-state index is 12.5. The lowest BCUT2D eigenvalue weighted by Gasteiger charge is -2.04. The van der Waals surface area contributed by atoms with Crippen LogP contribution in [-0.4, -0.2) is 34.0 Å². The molecule has 27 heavy (non-hydrogen) atoms. The second-order valence-corrected chi connectivity index (χ2v) is 6.56. The minimum absolute atomic E-state index is 0.182. The van der Waals surface area contributed by atoms with Gasteiger partial charge in [0.2, 0.25) is 0 Å². The van der Waals surface area contributed by atoms with Crippen molar-refractivity contribution in [3.8, 4) is 5.75 Å². The van der Waals surface area contributed by atoms with Gasteiger partial charge in [0.1, 0.15) is 17.1 Å². The van der Waals surface area contributed by atoms with Gasteiger partial charge in [-0.1, -0.05) is 0 Å². The zero-order valence-corrected chi connectivity index (χ0v) is 15.9. The van der Waals surface area contributed by atoms with Crippen molar-refractivity contribution in [2.24, 2.45) is 10.8 Å². The Hall–Kier alpha value is -3.20. The van der Waals surface area contributed by atoms with Gasteiger partial charge in [-0.25, -0.2) is 10.4 Å². The van der Waals surface area contributed by atoms with Crippen LogP contribution in [0.5, 0.6) is 5.75 Å². The molecule has 2 amide bonds. The Morgan fingerprint density at radius 1 is 1.30 bits per heavy atom. The molecular formula is C18H16BrN5O3. The van der Waals surface area contributed by atoms with Crippen molar-refractivity contribution in [3.05, 3.63) is 64.0 Å². The highest BCUT2D eigenvalue weighted by Crippen LogP contribution is 2.16. The lowest BCUT2D eigenvalue weighted by molar-refractivity contribution is -0.119. The molecule has 138 valence electrons. The van der Waals surface area contributed by atoms with E-state index in [0.29, 0.717) is 22.8 Å². The predicted octanol–water partition coefficient (Wildman–Crippen LogP) is 2.03. The maximum absolute atomic E-state index is 12.5. The number of halogens is 1. The number of amides is 2. The van der Waals surface area contributed by atoms with Crippen LogP contribution in [0, 0.1) is 6.92 Å². The number of ether oxygens (including phenoxy) is 1. The lowest BCUT2D eigenvalue weighted by atomic mass is 10.2. The molecule has 0 aliphatic heterocycles. The number of rotatable bonds is 6. The second-order valence-electron chi connectivity index (χ2n) is 5.64. The van der Waals surface area contributed by atoms with Gasteiger partial charge in [0.05, 0.1) is 11.9 Å². The molecule has 0 aliphatic carbocycles. The Labute approximate surface area is 163 Å². The van der Waals surface area contributed by atoms with Gasteiger partial charge >= 0.3 is 0 Å². The number of primary amides is 1. The van der Waals surface area contributed by atoms with Gasteiger partial charge in [-0.2, -0.15) is 5.10 Å². The largest absolute Gasteiger partial charge is 0.484 e. The van der Waals surface area contributed by atoms with Crippen LogP contribution in [0.1, 0.15) is 21.7 Å². The number of fused-ring (bicyclic) bond motifs is 1. The molecule has 3 rings (SSSR count). The molecule has 0 unspecified atom stereocenters. The summed E-state index contributed by atoms with van der Waals surface area (Å²) in [5.41, 5.74) is 9.98. The highest BCUT2D eigenvalue weighted by Gasteiger charge is 2.16. The van der Waals surface area contributed by atoms with E-state index in [1.165, 1.54) is 6.21 Å². The van der Waals surface area contributed by atoms with Crippen molar-refractivity contribution in [1.29, 1.82) is 0 Å². The minimum atomic E-state index is -0.543. The van der Waals surface area contributed by atoms with Crippen molar-refractivity contribution < 1.29 is 14.3 Å². The summed E-state index contributed by atoms with van der Waals surface area (Å²) in [5.74, 6) is -0.393. The number of nitrogens with one attached hydrogen (secondary N) is 1. The number of pyridine rings is 1. The predicted molar refractivity (Wildman–Crippen MR) is 104 cm³/mol. The summed E-state index contributed by atoms with van der Waals surface area (Å²) in [6, 6.07) is 10.5. The van der Waals surface area contributed by atoms with Crippen molar-refractivity contribution in [1.82, 2.24) is 14.8 Å². The summed E-state index contributed by atoms with van der Waals surface area (Å²) in [4.78, 5) is 27.5. The van der Waals surface area contributed by atoms with E-state index in [0.717, 1.165) is 10.0 Å². The fourth-order valence-electron chi connectivity index (χ4n) is 2.43. The minimum Gasteiger partial charge on any atom is -0.484 e. The van der Waals surface area contributed by atoms with Gasteiger partial charge in [-0.15, -0.1) is 0 Å². The third-order valence-electron chi connectivity index (χ3n) is 3.61. The van der Waals surface area contributed by atoms with Crippen molar-refractivity contribution in [2.45, 2.75) is 6.92 Å². The Kier molecular flexibility index (Phi) is 5.51. The van der Waals surface area contributed by atoms with Gasteiger partial charge in [0.25, 0.3) is 11.8 Å². The number of aromatic nitrogens is 2. The number of aryl methyl sites for hydroxylation is 1. The third kappa shape index (κ3) is 4.50. The molecule has 9 heteroatoms. The topological polar surface area (TPSA) is 111 Å². The highest BCUT2D eigenvalue weighted by atomic mass is 79.9. The van der Waals surface area contributed by atoms with Crippen LogP contribution in [-0.2, 0) is 4.79 Å². The van der Waals surface area contributed by atoms with Crippen LogP contribution in [0.15, 0.2) is 52.2 Å². The molecule has 0 aliphatic rings. The second kappa shape index (κ2) is 8.00. The number of hydrogen-bond donors (Lipinski definition) is 2. The number of hydrogen-bond acceptors (Lipinski definition) is 5. The first kappa shape index (κ1) is 18.6. The fourth-order valence-corrected chi connectivity index (χ4v) is 2.77. The van der Waals surface area contributed by atoms with Crippen LogP contribution in [0.3, 0.4) is 0 Å². The quantitative estimate of drug-likeness (QED) is 0.461. The zero-order valence-electron chi connectivity index (χ0n) is 14.3. The molecule has 0 spiro atoms. The van der Waals surface area contributed by atoms with Crippen LogP contribution < -0.4 is 15.9 Å². The molecule has 0 saturated heterocycles. The summed E-state index contributed by atoms with van der Waals surface area (Å²) in [5, 5.41) is 3.98. The molecule has 2 aromatic heterocycles. The number of benzene rings is 1. The van der Waals surface area contributed by atoms with E-state index in [1.54, 1.807) is 41.8 Å². The molecule has 3 N–H and O–H groups in total. The van der Waals surface area contributed by atoms with Gasteiger partial charge < -0.3 is 10.5 Å². The summed E-state index contributed by atoms with van der Waals surface area (Å²) in [7, 11) is 0. The first-order valence-corrected chi connectivity index (χ1v) is 8.72. The first-order chi connectivity index (χ1) is 12.9. The first-order valence-electron chi connectivity index (χ1n) is 7.93. The Morgan fingerprint density at radius 3 is 2.74 bits per heavy atom. The van der Waals surface area contributed by atoms with E-state index in [1.807, 2.05) is 12.1 Å². The highest BCUT2D eigenvalue weighted by molar-refractivity contribution is 9.10. The number of carbonyl (C=O) groups excluding carboxylic acids is 2. The van der Waals surface area contributed by atoms with E-state index in [2.05, 4.69) is 31.4 Å². The molecule has 8 nitrogen and oxygen atoms in total. The van der Waals surface area contributed by atoms with E-state index < -0.39 is 5.91 Å². The lowest BCUT2D eigenvalue weighted by Crippen LogP contribution is -2.20. The SMILES string of the molecule is Cc1nc2ccc(Br)cn2c1C(=O)N/N=C\c1ccc(OCC(N)=O)cc1. The third-order valence-corrected chi connectivity index (χ3v) is 4.08. The van der Waals surface area contributed by atoms with E-state index >= 15 is 0 Å². The summed E-state index contributed by atoms with van der Waals surface area (Å²) in [6.07, 6.45) is 3.28. The van der Waals surface area contributed by atoms with E-state index in [-0.39, 0.29) is 12.5 Å². The molecule has 1 aromatic carbocycles. The summed E-state index contributed by atoms with van der Waals surface area (Å²) < 4.78 is 7.72. The van der Waals surface area contributed by atoms with Crippen LogP contribution in [0.4, 0.5) is 0 Å². The van der Waals surface area contributed by atoms with Crippen LogP contribution >= 0.6 is 15.9 Å². The number of nitrogens with two attached hydrogens (primary N) is 1. The smallest absolute Gasteiger partial charge is 0.290 e. The number of nitrogens with zero attached hydrogens (tertiary/aromatic N) is 3. The molecular weight excluding hydrogens is 414 g/mol. The van der Waals surface area contributed by atoms with Crippen molar-refractivity contribution in [3.63, 3.8) is 0 Å². The Balaban J connectivity index is 1.68. The molecule has 0 atom stereocenters. The molecule has 0 saturated carbocycles. The molecule has 0 radical (unpaired) electrons.